The van der Waals surface area contributed by atoms with Crippen LogP contribution in [-0.4, -0.2) is 29.1 Å². The van der Waals surface area contributed by atoms with E-state index in [2.05, 4.69) is 126 Å². The van der Waals surface area contributed by atoms with Crippen molar-refractivity contribution in [2.24, 2.45) is 0 Å². The maximum absolute atomic E-state index is 5.29. The zero-order chi connectivity index (χ0) is 34.2. The molecular formula is C42H41N7. The van der Waals surface area contributed by atoms with Crippen LogP contribution in [0.1, 0.15) is 52.9 Å². The lowest BCUT2D eigenvalue weighted by Gasteiger charge is -2.29. The molecule has 0 saturated carbocycles. The Morgan fingerprint density at radius 2 is 0.878 bits per heavy atom. The summed E-state index contributed by atoms with van der Waals surface area (Å²) in [6, 6.07) is 39.7. The predicted molar refractivity (Wildman–Crippen MR) is 199 cm³/mol. The van der Waals surface area contributed by atoms with Crippen LogP contribution >= 0.6 is 0 Å². The van der Waals surface area contributed by atoms with E-state index >= 15 is 0 Å². The molecule has 0 saturated heterocycles. The standard InChI is InChI=1S/C42H41N7/c1-41(2,3)34-26-47(28-43-34)36-22-14-24-38(45-36)49(39-25-15-23-37(46-39)48-27-35(44-29-48)42(4,5)6)40-32(30-16-9-7-10-17-30)20-13-21-33(40)31-18-11-8-12-19-31/h7-29H,1-6H3. The maximum atomic E-state index is 5.29. The van der Waals surface area contributed by atoms with Crippen LogP contribution in [0.5, 0.6) is 0 Å². The van der Waals surface area contributed by atoms with Crippen molar-refractivity contribution in [1.29, 1.82) is 0 Å². The third-order valence-corrected chi connectivity index (χ3v) is 8.56. The van der Waals surface area contributed by atoms with Gasteiger partial charge in [-0.25, -0.2) is 19.9 Å². The van der Waals surface area contributed by atoms with Crippen LogP contribution < -0.4 is 4.90 Å². The smallest absolute Gasteiger partial charge is 0.141 e. The molecule has 49 heavy (non-hydrogen) atoms. The summed E-state index contributed by atoms with van der Waals surface area (Å²) < 4.78 is 3.99. The van der Waals surface area contributed by atoms with Crippen LogP contribution in [0.2, 0.25) is 0 Å². The number of hydrogen-bond donors (Lipinski definition) is 0. The van der Waals surface area contributed by atoms with E-state index in [-0.39, 0.29) is 10.8 Å². The Kier molecular flexibility index (Phi) is 8.20. The van der Waals surface area contributed by atoms with Crippen LogP contribution in [-0.2, 0) is 10.8 Å². The molecule has 3 aromatic carbocycles. The minimum Gasteiger partial charge on any atom is -0.290 e. The summed E-state index contributed by atoms with van der Waals surface area (Å²) >= 11 is 0. The zero-order valence-electron chi connectivity index (χ0n) is 28.9. The molecule has 0 aliphatic heterocycles. The van der Waals surface area contributed by atoms with Crippen LogP contribution in [0.15, 0.2) is 140 Å². The van der Waals surface area contributed by atoms with Crippen molar-refractivity contribution in [3.63, 3.8) is 0 Å². The van der Waals surface area contributed by atoms with Gasteiger partial charge < -0.3 is 0 Å². The number of aromatic nitrogens is 6. The molecule has 0 aliphatic rings. The fraction of sp³-hybridized carbons (Fsp3) is 0.190. The molecule has 0 atom stereocenters. The van der Waals surface area contributed by atoms with Crippen molar-refractivity contribution >= 4 is 17.3 Å². The number of imidazole rings is 2. The van der Waals surface area contributed by atoms with Crippen molar-refractivity contribution in [2.75, 3.05) is 4.90 Å². The lowest BCUT2D eigenvalue weighted by molar-refractivity contribution is 0.572. The SMILES string of the molecule is CC(C)(C)c1cn(-c2cccc(N(c3cccc(-n4cnc(C(C)(C)C)c4)n3)c3c(-c4ccccc4)cccc3-c3ccccc3)n2)cn1. The van der Waals surface area contributed by atoms with Gasteiger partial charge in [-0.15, -0.1) is 0 Å². The van der Waals surface area contributed by atoms with Gasteiger partial charge in [-0.05, 0) is 35.4 Å². The van der Waals surface area contributed by atoms with Gasteiger partial charge in [-0.3, -0.25) is 14.0 Å². The third kappa shape index (κ3) is 6.52. The van der Waals surface area contributed by atoms with Gasteiger partial charge >= 0.3 is 0 Å². The largest absolute Gasteiger partial charge is 0.290 e. The highest BCUT2D eigenvalue weighted by Gasteiger charge is 2.25. The topological polar surface area (TPSA) is 64.7 Å². The molecule has 7 rings (SSSR count). The second-order valence-electron chi connectivity index (χ2n) is 14.3. The highest BCUT2D eigenvalue weighted by atomic mass is 15.3. The molecule has 0 spiro atoms. The second kappa shape index (κ2) is 12.7. The Bertz CT molecular complexity index is 2050. The van der Waals surface area contributed by atoms with Crippen molar-refractivity contribution in [3.8, 4) is 33.9 Å². The quantitative estimate of drug-likeness (QED) is 0.173. The number of benzene rings is 3. The highest BCUT2D eigenvalue weighted by molar-refractivity contribution is 5.96. The monoisotopic (exact) mass is 643 g/mol. The fourth-order valence-electron chi connectivity index (χ4n) is 5.86. The minimum absolute atomic E-state index is 0.0847. The van der Waals surface area contributed by atoms with Crippen molar-refractivity contribution in [1.82, 2.24) is 29.1 Å². The molecule has 7 nitrogen and oxygen atoms in total. The molecule has 0 fully saturated rings. The first-order valence-electron chi connectivity index (χ1n) is 16.6. The van der Waals surface area contributed by atoms with E-state index in [4.69, 9.17) is 19.9 Å². The van der Waals surface area contributed by atoms with Crippen molar-refractivity contribution in [2.45, 2.75) is 52.4 Å². The number of para-hydroxylation sites is 1. The molecule has 4 aromatic heterocycles. The summed E-state index contributed by atoms with van der Waals surface area (Å²) in [5.74, 6) is 3.00. The Morgan fingerprint density at radius 1 is 0.469 bits per heavy atom. The van der Waals surface area contributed by atoms with Gasteiger partial charge in [0.1, 0.15) is 35.9 Å². The Balaban J connectivity index is 1.48. The van der Waals surface area contributed by atoms with Gasteiger partial charge in [0.2, 0.25) is 0 Å². The van der Waals surface area contributed by atoms with Crippen LogP contribution in [0.4, 0.5) is 17.3 Å². The van der Waals surface area contributed by atoms with E-state index in [1.165, 1.54) is 0 Å². The molecule has 4 heterocycles. The first kappa shape index (κ1) is 31.8. The van der Waals surface area contributed by atoms with E-state index in [1.807, 2.05) is 70.3 Å². The highest BCUT2D eigenvalue weighted by Crippen LogP contribution is 2.45. The van der Waals surface area contributed by atoms with E-state index in [1.54, 1.807) is 0 Å². The van der Waals surface area contributed by atoms with E-state index in [0.717, 1.165) is 62.6 Å². The molecular weight excluding hydrogens is 603 g/mol. The van der Waals surface area contributed by atoms with E-state index < -0.39 is 0 Å². The van der Waals surface area contributed by atoms with E-state index in [0.29, 0.717) is 0 Å². The number of hydrogen-bond acceptors (Lipinski definition) is 5. The molecule has 0 bridgehead atoms. The molecule has 7 heteroatoms. The number of pyridine rings is 2. The van der Waals surface area contributed by atoms with Crippen LogP contribution in [0.25, 0.3) is 33.9 Å². The van der Waals surface area contributed by atoms with Gasteiger partial charge in [0.25, 0.3) is 0 Å². The fourth-order valence-corrected chi connectivity index (χ4v) is 5.86. The Labute approximate surface area is 288 Å². The van der Waals surface area contributed by atoms with Crippen LogP contribution in [0, 0.1) is 0 Å². The van der Waals surface area contributed by atoms with Crippen molar-refractivity contribution in [3.05, 3.63) is 152 Å². The summed E-state index contributed by atoms with van der Waals surface area (Å²) in [5, 5.41) is 0. The molecule has 0 N–H and O–H groups in total. The Morgan fingerprint density at radius 3 is 1.27 bits per heavy atom. The lowest BCUT2D eigenvalue weighted by Crippen LogP contribution is -2.17. The minimum atomic E-state index is -0.0847. The number of anilines is 3. The molecule has 244 valence electrons. The van der Waals surface area contributed by atoms with Gasteiger partial charge in [-0.2, -0.15) is 0 Å². The average Bonchev–Trinajstić information content (AvgIpc) is 3.82. The maximum Gasteiger partial charge on any atom is 0.141 e. The summed E-state index contributed by atoms with van der Waals surface area (Å²) in [4.78, 5) is 22.2. The van der Waals surface area contributed by atoms with E-state index in [9.17, 15) is 0 Å². The first-order chi connectivity index (χ1) is 23.6. The van der Waals surface area contributed by atoms with Crippen LogP contribution in [0.3, 0.4) is 0 Å². The zero-order valence-corrected chi connectivity index (χ0v) is 28.9. The molecule has 7 aromatic rings. The first-order valence-corrected chi connectivity index (χ1v) is 16.6. The predicted octanol–water partition coefficient (Wildman–Crippen LogP) is 10.2. The van der Waals surface area contributed by atoms with Gasteiger partial charge in [0.05, 0.1) is 17.1 Å². The summed E-state index contributed by atoms with van der Waals surface area (Å²) in [6.07, 6.45) is 7.81. The number of rotatable bonds is 7. The lowest BCUT2D eigenvalue weighted by atomic mass is 9.93. The molecule has 0 unspecified atom stereocenters. The second-order valence-corrected chi connectivity index (χ2v) is 14.3. The molecule has 0 amide bonds. The molecule has 0 aliphatic carbocycles. The summed E-state index contributed by atoms with van der Waals surface area (Å²) in [6.45, 7) is 13.0. The van der Waals surface area contributed by atoms with Gasteiger partial charge in [0.15, 0.2) is 0 Å². The van der Waals surface area contributed by atoms with Gasteiger partial charge in [0, 0.05) is 34.4 Å². The van der Waals surface area contributed by atoms with Gasteiger partial charge in [-0.1, -0.05) is 133 Å². The normalized spacial score (nSPS) is 11.9. The number of nitrogens with zero attached hydrogens (tertiary/aromatic N) is 7. The summed E-state index contributed by atoms with van der Waals surface area (Å²) in [5.41, 5.74) is 7.15. The third-order valence-electron chi connectivity index (χ3n) is 8.56. The summed E-state index contributed by atoms with van der Waals surface area (Å²) in [7, 11) is 0. The van der Waals surface area contributed by atoms with Crippen molar-refractivity contribution < 1.29 is 0 Å². The molecule has 0 radical (unpaired) electrons. The average molecular weight is 644 g/mol. The Hall–Kier alpha value is -5.82.